The van der Waals surface area contributed by atoms with Crippen molar-refractivity contribution < 1.29 is 14.6 Å². The molecule has 1 aliphatic rings. The number of amides is 1. The van der Waals surface area contributed by atoms with Gasteiger partial charge in [0, 0.05) is 25.2 Å². The number of aliphatic hydroxyl groups is 1. The SMILES string of the molecule is CC(C)(C)OC(=O)N(CCNCC1CCCC1CO)C(C)(C)C. The minimum Gasteiger partial charge on any atom is -0.444 e. The zero-order valence-electron chi connectivity index (χ0n) is 15.8. The van der Waals surface area contributed by atoms with Gasteiger partial charge in [-0.15, -0.1) is 0 Å². The second-order valence-electron chi connectivity index (χ2n) is 8.64. The Labute approximate surface area is 141 Å². The third kappa shape index (κ3) is 7.08. The van der Waals surface area contributed by atoms with E-state index in [2.05, 4.69) is 5.32 Å². The van der Waals surface area contributed by atoms with Gasteiger partial charge in [-0.3, -0.25) is 0 Å². The lowest BCUT2D eigenvalue weighted by Crippen LogP contribution is -2.50. The molecule has 0 saturated heterocycles. The van der Waals surface area contributed by atoms with E-state index in [1.54, 1.807) is 4.90 Å². The molecule has 0 radical (unpaired) electrons. The van der Waals surface area contributed by atoms with Crippen molar-refractivity contribution in [1.29, 1.82) is 0 Å². The molecule has 2 atom stereocenters. The van der Waals surface area contributed by atoms with Crippen LogP contribution >= 0.6 is 0 Å². The molecule has 0 aliphatic heterocycles. The van der Waals surface area contributed by atoms with Gasteiger partial charge in [-0.25, -0.2) is 4.79 Å². The van der Waals surface area contributed by atoms with Gasteiger partial charge in [-0.1, -0.05) is 6.42 Å². The molecule has 23 heavy (non-hydrogen) atoms. The number of carbonyl (C=O) groups is 1. The van der Waals surface area contributed by atoms with Crippen molar-refractivity contribution in [3.63, 3.8) is 0 Å². The Bertz CT molecular complexity index is 371. The second-order valence-corrected chi connectivity index (χ2v) is 8.64. The molecule has 5 nitrogen and oxygen atoms in total. The Morgan fingerprint density at radius 1 is 1.17 bits per heavy atom. The number of carbonyl (C=O) groups excluding carboxylic acids is 1. The van der Waals surface area contributed by atoms with Gasteiger partial charge in [0.25, 0.3) is 0 Å². The third-order valence-electron chi connectivity index (χ3n) is 4.39. The molecular formula is C18H36N2O3. The van der Waals surface area contributed by atoms with E-state index in [1.807, 2.05) is 41.5 Å². The Kier molecular flexibility index (Phi) is 7.33. The zero-order chi connectivity index (χ0) is 17.7. The summed E-state index contributed by atoms with van der Waals surface area (Å²) in [6.07, 6.45) is 3.27. The minimum atomic E-state index is -0.480. The Hall–Kier alpha value is -0.810. The molecular weight excluding hydrogens is 292 g/mol. The first-order valence-corrected chi connectivity index (χ1v) is 8.87. The van der Waals surface area contributed by atoms with E-state index in [-0.39, 0.29) is 11.6 Å². The normalized spacial score (nSPS) is 22.2. The fourth-order valence-corrected chi connectivity index (χ4v) is 3.12. The smallest absolute Gasteiger partial charge is 0.410 e. The fraction of sp³-hybridized carbons (Fsp3) is 0.944. The number of rotatable bonds is 6. The molecule has 136 valence electrons. The maximum absolute atomic E-state index is 12.4. The fourth-order valence-electron chi connectivity index (χ4n) is 3.12. The minimum absolute atomic E-state index is 0.263. The van der Waals surface area contributed by atoms with E-state index in [0.717, 1.165) is 19.5 Å². The molecule has 0 spiro atoms. The van der Waals surface area contributed by atoms with Crippen molar-refractivity contribution >= 4 is 6.09 Å². The van der Waals surface area contributed by atoms with Crippen LogP contribution in [0.4, 0.5) is 4.79 Å². The van der Waals surface area contributed by atoms with Crippen molar-refractivity contribution in [2.45, 2.75) is 71.9 Å². The largest absolute Gasteiger partial charge is 0.444 e. The number of nitrogens with zero attached hydrogens (tertiary/aromatic N) is 1. The van der Waals surface area contributed by atoms with E-state index < -0.39 is 5.60 Å². The maximum Gasteiger partial charge on any atom is 0.410 e. The van der Waals surface area contributed by atoms with Gasteiger partial charge in [0.1, 0.15) is 5.60 Å². The number of hydrogen-bond donors (Lipinski definition) is 2. The Balaban J connectivity index is 2.44. The monoisotopic (exact) mass is 328 g/mol. The summed E-state index contributed by atoms with van der Waals surface area (Å²) >= 11 is 0. The van der Waals surface area contributed by atoms with E-state index >= 15 is 0 Å². The van der Waals surface area contributed by atoms with Crippen LogP contribution in [0.2, 0.25) is 0 Å². The van der Waals surface area contributed by atoms with Crippen LogP contribution in [0.5, 0.6) is 0 Å². The highest BCUT2D eigenvalue weighted by atomic mass is 16.6. The molecule has 0 aromatic carbocycles. The number of ether oxygens (including phenoxy) is 1. The lowest BCUT2D eigenvalue weighted by Gasteiger charge is -2.37. The number of aliphatic hydroxyl groups excluding tert-OH is 1. The first-order valence-electron chi connectivity index (χ1n) is 8.87. The highest BCUT2D eigenvalue weighted by molar-refractivity contribution is 5.69. The topological polar surface area (TPSA) is 61.8 Å². The molecule has 5 heteroatoms. The molecule has 0 aromatic heterocycles. The van der Waals surface area contributed by atoms with Crippen LogP contribution in [0.25, 0.3) is 0 Å². The summed E-state index contributed by atoms with van der Waals surface area (Å²) in [7, 11) is 0. The predicted molar refractivity (Wildman–Crippen MR) is 93.5 cm³/mol. The van der Waals surface area contributed by atoms with Crippen LogP contribution in [0.1, 0.15) is 60.8 Å². The lowest BCUT2D eigenvalue weighted by atomic mass is 9.97. The highest BCUT2D eigenvalue weighted by Crippen LogP contribution is 2.30. The summed E-state index contributed by atoms with van der Waals surface area (Å²) in [5, 5.41) is 12.8. The quantitative estimate of drug-likeness (QED) is 0.736. The van der Waals surface area contributed by atoms with Gasteiger partial charge < -0.3 is 20.1 Å². The van der Waals surface area contributed by atoms with E-state index in [1.165, 1.54) is 12.8 Å². The van der Waals surface area contributed by atoms with Gasteiger partial charge in [-0.05, 0) is 72.8 Å². The average molecular weight is 328 g/mol. The molecule has 1 fully saturated rings. The summed E-state index contributed by atoms with van der Waals surface area (Å²) in [4.78, 5) is 14.2. The lowest BCUT2D eigenvalue weighted by molar-refractivity contribution is 0.00657. The molecule has 2 N–H and O–H groups in total. The first kappa shape index (κ1) is 20.2. The highest BCUT2D eigenvalue weighted by Gasteiger charge is 2.30. The van der Waals surface area contributed by atoms with Crippen molar-refractivity contribution in [3.8, 4) is 0 Å². The summed E-state index contributed by atoms with van der Waals surface area (Å²) in [5.41, 5.74) is -0.753. The van der Waals surface area contributed by atoms with Gasteiger partial charge in [-0.2, -0.15) is 0 Å². The van der Waals surface area contributed by atoms with Gasteiger partial charge in [0.15, 0.2) is 0 Å². The molecule has 0 aromatic rings. The Morgan fingerprint density at radius 3 is 2.30 bits per heavy atom. The van der Waals surface area contributed by atoms with Crippen LogP contribution < -0.4 is 5.32 Å². The molecule has 0 heterocycles. The van der Waals surface area contributed by atoms with Crippen LogP contribution in [-0.2, 0) is 4.74 Å². The summed E-state index contributed by atoms with van der Waals surface area (Å²) < 4.78 is 5.52. The molecule has 1 aliphatic carbocycles. The summed E-state index contributed by atoms with van der Waals surface area (Å²) in [5.74, 6) is 0.997. The van der Waals surface area contributed by atoms with E-state index in [9.17, 15) is 9.90 Å². The Morgan fingerprint density at radius 2 is 1.78 bits per heavy atom. The zero-order valence-corrected chi connectivity index (χ0v) is 15.8. The van der Waals surface area contributed by atoms with Gasteiger partial charge >= 0.3 is 6.09 Å². The van der Waals surface area contributed by atoms with Crippen molar-refractivity contribution in [2.24, 2.45) is 11.8 Å². The van der Waals surface area contributed by atoms with Crippen molar-refractivity contribution in [3.05, 3.63) is 0 Å². The number of hydrogen-bond acceptors (Lipinski definition) is 4. The van der Waals surface area contributed by atoms with Crippen LogP contribution in [0.3, 0.4) is 0 Å². The van der Waals surface area contributed by atoms with E-state index in [0.29, 0.717) is 25.0 Å². The maximum atomic E-state index is 12.4. The van der Waals surface area contributed by atoms with E-state index in [4.69, 9.17) is 4.74 Å². The molecule has 2 unspecified atom stereocenters. The molecule has 1 saturated carbocycles. The van der Waals surface area contributed by atoms with Gasteiger partial charge in [0.2, 0.25) is 0 Å². The van der Waals surface area contributed by atoms with Crippen LogP contribution in [-0.4, -0.2) is 53.5 Å². The molecule has 0 bridgehead atoms. The van der Waals surface area contributed by atoms with Crippen LogP contribution in [0.15, 0.2) is 0 Å². The predicted octanol–water partition coefficient (Wildman–Crippen LogP) is 3.02. The molecule has 1 rings (SSSR count). The first-order chi connectivity index (χ1) is 10.5. The van der Waals surface area contributed by atoms with Gasteiger partial charge in [0.05, 0.1) is 0 Å². The standard InChI is InChI=1S/C18H36N2O3/c1-17(2,3)20(16(22)23-18(4,5)6)11-10-19-12-14-8-7-9-15(14)13-21/h14-15,19,21H,7-13H2,1-6H3. The third-order valence-corrected chi connectivity index (χ3v) is 4.39. The summed E-state index contributed by atoms with van der Waals surface area (Å²) in [6.45, 7) is 14.3. The molecule has 1 amide bonds. The number of nitrogens with one attached hydrogen (secondary N) is 1. The van der Waals surface area contributed by atoms with Crippen molar-refractivity contribution in [2.75, 3.05) is 26.2 Å². The average Bonchev–Trinajstić information content (AvgIpc) is 2.82. The second kappa shape index (κ2) is 8.34. The van der Waals surface area contributed by atoms with Crippen molar-refractivity contribution in [1.82, 2.24) is 10.2 Å². The summed E-state index contributed by atoms with van der Waals surface area (Å²) in [6, 6.07) is 0. The van der Waals surface area contributed by atoms with Crippen LogP contribution in [0, 0.1) is 11.8 Å².